The van der Waals surface area contributed by atoms with Gasteiger partial charge in [0.15, 0.2) is 6.61 Å². The molecule has 1 N–H and O–H groups in total. The Labute approximate surface area is 255 Å². The van der Waals surface area contributed by atoms with Gasteiger partial charge in [0, 0.05) is 17.5 Å². The van der Waals surface area contributed by atoms with Crippen molar-refractivity contribution < 1.29 is 33.4 Å². The molecule has 0 unspecified atom stereocenters. The Hall–Kier alpha value is -4.79. The van der Waals surface area contributed by atoms with Gasteiger partial charge in [-0.2, -0.15) is 0 Å². The van der Waals surface area contributed by atoms with E-state index in [4.69, 9.17) is 9.47 Å². The van der Waals surface area contributed by atoms with E-state index in [0.29, 0.717) is 11.3 Å². The van der Waals surface area contributed by atoms with Gasteiger partial charge < -0.3 is 14.8 Å². The highest BCUT2D eigenvalue weighted by Gasteiger charge is 2.63. The van der Waals surface area contributed by atoms with E-state index in [2.05, 4.69) is 5.32 Å². The highest BCUT2D eigenvalue weighted by Crippen LogP contribution is 2.61. The number of hydrogen-bond donors (Lipinski definition) is 1. The summed E-state index contributed by atoms with van der Waals surface area (Å²) in [5.74, 6) is -4.42. The van der Waals surface area contributed by atoms with Gasteiger partial charge in [-0.15, -0.1) is 0 Å². The second-order valence-corrected chi connectivity index (χ2v) is 11.9. The molecule has 226 valence electrons. The van der Waals surface area contributed by atoms with Gasteiger partial charge in [-0.3, -0.25) is 19.3 Å². The zero-order valence-electron chi connectivity index (χ0n) is 24.8. The highest BCUT2D eigenvalue weighted by atomic mass is 16.5. The van der Waals surface area contributed by atoms with Crippen LogP contribution in [0.3, 0.4) is 0 Å². The minimum absolute atomic E-state index is 0.0337. The van der Waals surface area contributed by atoms with Crippen molar-refractivity contribution in [3.8, 4) is 0 Å². The molecule has 0 radical (unpaired) electrons. The van der Waals surface area contributed by atoms with Gasteiger partial charge in [-0.1, -0.05) is 62.4 Å². The third-order valence-electron chi connectivity index (χ3n) is 8.79. The van der Waals surface area contributed by atoms with Gasteiger partial charge in [0.25, 0.3) is 5.91 Å². The first-order chi connectivity index (χ1) is 21.2. The molecule has 44 heavy (non-hydrogen) atoms. The number of carbonyl (C=O) groups excluding carboxylic acids is 5. The number of nitrogens with one attached hydrogen (secondary N) is 1. The highest BCUT2D eigenvalue weighted by molar-refractivity contribution is 6.10. The molecule has 4 aliphatic rings. The fourth-order valence-electron chi connectivity index (χ4n) is 7.10. The molecule has 9 nitrogen and oxygen atoms in total. The number of esters is 2. The Kier molecular flexibility index (Phi) is 7.80. The lowest BCUT2D eigenvalue weighted by molar-refractivity contribution is -0.160. The Bertz CT molecular complexity index is 1530. The minimum Gasteiger partial charge on any atom is -0.462 e. The maximum absolute atomic E-state index is 14.2. The third-order valence-corrected chi connectivity index (χ3v) is 8.79. The molecule has 0 saturated carbocycles. The van der Waals surface area contributed by atoms with Crippen LogP contribution in [0.4, 0.5) is 5.69 Å². The Morgan fingerprint density at radius 3 is 1.73 bits per heavy atom. The van der Waals surface area contributed by atoms with Gasteiger partial charge >= 0.3 is 11.9 Å². The molecule has 3 aliphatic carbocycles. The van der Waals surface area contributed by atoms with Crippen molar-refractivity contribution in [3.05, 3.63) is 101 Å². The predicted octanol–water partition coefficient (Wildman–Crippen LogP) is 4.65. The normalized spacial score (nSPS) is 21.8. The van der Waals surface area contributed by atoms with E-state index in [9.17, 15) is 24.0 Å². The molecule has 3 aromatic rings. The zero-order chi connectivity index (χ0) is 31.1. The number of likely N-dealkylation sites (tertiary alicyclic amines) is 1. The van der Waals surface area contributed by atoms with E-state index in [-0.39, 0.29) is 42.6 Å². The molecule has 3 amide bonds. The van der Waals surface area contributed by atoms with Crippen LogP contribution in [-0.4, -0.2) is 53.8 Å². The van der Waals surface area contributed by atoms with E-state index in [0.717, 1.165) is 27.2 Å². The summed E-state index contributed by atoms with van der Waals surface area (Å²) in [5.41, 5.74) is 4.95. The SMILES string of the molecule is CCOC(=O)c1ccc(NC(=O)COC(=O)[C@H](CC(C)C)N2C(=O)[C@@H]3C4c5ccccc5C(c5ccccc54)[C@@H]3C2=O)cc1. The van der Waals surface area contributed by atoms with Gasteiger partial charge in [-0.05, 0) is 65.8 Å². The summed E-state index contributed by atoms with van der Waals surface area (Å²) in [4.78, 5) is 67.5. The van der Waals surface area contributed by atoms with E-state index >= 15 is 0 Å². The maximum Gasteiger partial charge on any atom is 0.338 e. The number of nitrogens with zero attached hydrogens (tertiary/aromatic N) is 1. The standard InChI is InChI=1S/C35H34N2O7/c1-4-43-34(41)20-13-15-21(16-14-20)36-27(38)18-44-35(42)26(17-19(2)3)37-32(39)30-28-22-9-5-6-10-23(22)29(31(30)33(37)40)25-12-8-7-11-24(25)28/h5-16,19,26,28-31H,4,17-18H2,1-3H3,(H,36,38)/t26-,28?,29?,30-,31+/m0/s1. The molecule has 7 rings (SSSR count). The molecule has 2 bridgehead atoms. The fourth-order valence-corrected chi connectivity index (χ4v) is 7.10. The predicted molar refractivity (Wildman–Crippen MR) is 161 cm³/mol. The van der Waals surface area contributed by atoms with Crippen LogP contribution < -0.4 is 5.32 Å². The summed E-state index contributed by atoms with van der Waals surface area (Å²) in [6, 6.07) is 20.9. The molecule has 1 heterocycles. The van der Waals surface area contributed by atoms with Crippen LogP contribution in [0.15, 0.2) is 72.8 Å². The van der Waals surface area contributed by atoms with E-state index < -0.39 is 42.3 Å². The largest absolute Gasteiger partial charge is 0.462 e. The van der Waals surface area contributed by atoms with Crippen LogP contribution in [0, 0.1) is 17.8 Å². The van der Waals surface area contributed by atoms with Crippen LogP contribution in [0.2, 0.25) is 0 Å². The van der Waals surface area contributed by atoms with Gasteiger partial charge in [-0.25, -0.2) is 9.59 Å². The quantitative estimate of drug-likeness (QED) is 0.283. The second-order valence-electron chi connectivity index (χ2n) is 11.9. The summed E-state index contributed by atoms with van der Waals surface area (Å²) in [7, 11) is 0. The molecule has 1 aliphatic heterocycles. The molecule has 9 heteroatoms. The summed E-state index contributed by atoms with van der Waals surface area (Å²) >= 11 is 0. The van der Waals surface area contributed by atoms with Crippen LogP contribution in [-0.2, 0) is 28.7 Å². The Balaban J connectivity index is 1.20. The molecular weight excluding hydrogens is 560 g/mol. The van der Waals surface area contributed by atoms with E-state index in [1.54, 1.807) is 19.1 Å². The number of benzene rings is 3. The summed E-state index contributed by atoms with van der Waals surface area (Å²) in [6.07, 6.45) is 0.210. The van der Waals surface area contributed by atoms with Crippen molar-refractivity contribution in [3.63, 3.8) is 0 Å². The number of amides is 3. The summed E-state index contributed by atoms with van der Waals surface area (Å²) in [6.45, 7) is 5.17. The van der Waals surface area contributed by atoms with Gasteiger partial charge in [0.2, 0.25) is 11.8 Å². The summed E-state index contributed by atoms with van der Waals surface area (Å²) in [5, 5.41) is 2.63. The number of anilines is 1. The molecule has 0 spiro atoms. The zero-order valence-corrected chi connectivity index (χ0v) is 24.8. The van der Waals surface area contributed by atoms with Gasteiger partial charge in [0.1, 0.15) is 6.04 Å². The van der Waals surface area contributed by atoms with Crippen molar-refractivity contribution in [2.45, 2.75) is 45.1 Å². The topological polar surface area (TPSA) is 119 Å². The minimum atomic E-state index is -1.15. The molecule has 3 aromatic carbocycles. The first-order valence-electron chi connectivity index (χ1n) is 15.0. The number of carbonyl (C=O) groups is 5. The molecule has 3 atom stereocenters. The smallest absolute Gasteiger partial charge is 0.338 e. The summed E-state index contributed by atoms with van der Waals surface area (Å²) < 4.78 is 10.4. The fraction of sp³-hybridized carbons (Fsp3) is 0.343. The Morgan fingerprint density at radius 2 is 1.27 bits per heavy atom. The maximum atomic E-state index is 14.2. The average Bonchev–Trinajstić information content (AvgIpc) is 3.28. The molecule has 1 saturated heterocycles. The van der Waals surface area contributed by atoms with Crippen LogP contribution in [0.1, 0.15) is 71.6 Å². The Morgan fingerprint density at radius 1 is 0.773 bits per heavy atom. The first kappa shape index (κ1) is 29.3. The molecule has 0 aromatic heterocycles. The average molecular weight is 595 g/mol. The van der Waals surface area contributed by atoms with Crippen molar-refractivity contribution in [2.75, 3.05) is 18.5 Å². The van der Waals surface area contributed by atoms with Crippen LogP contribution >= 0.6 is 0 Å². The van der Waals surface area contributed by atoms with E-state index in [1.165, 1.54) is 12.1 Å². The third kappa shape index (κ3) is 4.96. The number of rotatable bonds is 9. The lowest BCUT2D eigenvalue weighted by Gasteiger charge is -2.45. The van der Waals surface area contributed by atoms with Crippen LogP contribution in [0.25, 0.3) is 0 Å². The number of imide groups is 1. The van der Waals surface area contributed by atoms with Crippen molar-refractivity contribution in [1.82, 2.24) is 4.90 Å². The molecule has 1 fully saturated rings. The van der Waals surface area contributed by atoms with Crippen LogP contribution in [0.5, 0.6) is 0 Å². The molecular formula is C35H34N2O7. The van der Waals surface area contributed by atoms with Gasteiger partial charge in [0.05, 0.1) is 24.0 Å². The first-order valence-corrected chi connectivity index (χ1v) is 15.0. The van der Waals surface area contributed by atoms with Crippen molar-refractivity contribution in [2.24, 2.45) is 17.8 Å². The lowest BCUT2D eigenvalue weighted by Crippen LogP contribution is -2.47. The number of hydrogen-bond acceptors (Lipinski definition) is 7. The monoisotopic (exact) mass is 594 g/mol. The van der Waals surface area contributed by atoms with E-state index in [1.807, 2.05) is 62.4 Å². The number of ether oxygens (including phenoxy) is 2. The van der Waals surface area contributed by atoms with Crippen molar-refractivity contribution >= 4 is 35.3 Å². The second kappa shape index (κ2) is 11.7. The lowest BCUT2D eigenvalue weighted by atomic mass is 9.55. The van der Waals surface area contributed by atoms with Crippen molar-refractivity contribution in [1.29, 1.82) is 0 Å².